The number of nitrogens with zero attached hydrogens (tertiary/aromatic N) is 2. The van der Waals surface area contributed by atoms with Gasteiger partial charge in [0.25, 0.3) is 0 Å². The van der Waals surface area contributed by atoms with Gasteiger partial charge in [-0.15, -0.1) is 0 Å². The summed E-state index contributed by atoms with van der Waals surface area (Å²) >= 11 is 0. The molecular weight excluding hydrogens is 462 g/mol. The molecule has 1 aliphatic rings. The van der Waals surface area contributed by atoms with Crippen LogP contribution in [0.15, 0.2) is 59.0 Å². The van der Waals surface area contributed by atoms with Crippen LogP contribution in [0.5, 0.6) is 17.2 Å². The Hall–Kier alpha value is -4.14. The van der Waals surface area contributed by atoms with E-state index in [9.17, 15) is 9.59 Å². The fraction of sp³-hybridized carbons (Fsp3) is 0.333. The van der Waals surface area contributed by atoms with Crippen LogP contribution >= 0.6 is 0 Å². The topological polar surface area (TPSA) is 93.5 Å². The van der Waals surface area contributed by atoms with Crippen molar-refractivity contribution in [2.75, 3.05) is 32.3 Å². The van der Waals surface area contributed by atoms with E-state index < -0.39 is 0 Å². The monoisotopic (exact) mass is 493 g/mol. The highest BCUT2D eigenvalue weighted by atomic mass is 16.7. The zero-order valence-electron chi connectivity index (χ0n) is 20.8. The highest BCUT2D eigenvalue weighted by Crippen LogP contribution is 2.33. The van der Waals surface area contributed by atoms with Crippen LogP contribution in [-0.4, -0.2) is 48.7 Å². The van der Waals surface area contributed by atoms with Crippen molar-refractivity contribution in [2.45, 2.75) is 33.4 Å². The Balaban J connectivity index is 1.49. The molecule has 1 aromatic heterocycles. The number of nitrogens with one attached hydrogen (secondary N) is 1. The number of methoxy groups -OCH3 is 1. The Morgan fingerprint density at radius 1 is 1.00 bits per heavy atom. The van der Waals surface area contributed by atoms with E-state index in [1.807, 2.05) is 44.2 Å². The molecule has 4 rings (SSSR count). The van der Waals surface area contributed by atoms with Crippen LogP contribution in [0.1, 0.15) is 30.4 Å². The molecule has 2 heterocycles. The van der Waals surface area contributed by atoms with Gasteiger partial charge in [-0.05, 0) is 55.3 Å². The van der Waals surface area contributed by atoms with Crippen molar-refractivity contribution in [3.05, 3.63) is 71.7 Å². The van der Waals surface area contributed by atoms with E-state index in [2.05, 4.69) is 5.32 Å². The predicted octanol–water partition coefficient (Wildman–Crippen LogP) is 4.80. The Kier molecular flexibility index (Phi) is 7.99. The number of rotatable bonds is 10. The minimum atomic E-state index is -0.352. The third-order valence-electron chi connectivity index (χ3n) is 5.73. The maximum Gasteiger partial charge on any atom is 0.322 e. The molecule has 3 amide bonds. The first-order chi connectivity index (χ1) is 17.4. The number of hydrogen-bond acceptors (Lipinski definition) is 6. The van der Waals surface area contributed by atoms with Gasteiger partial charge in [0, 0.05) is 24.8 Å². The number of amides is 3. The van der Waals surface area contributed by atoms with Crippen molar-refractivity contribution in [2.24, 2.45) is 0 Å². The van der Waals surface area contributed by atoms with Crippen molar-refractivity contribution in [3.63, 3.8) is 0 Å². The lowest BCUT2D eigenvalue weighted by molar-refractivity contribution is -0.133. The Morgan fingerprint density at radius 2 is 1.83 bits per heavy atom. The molecule has 0 saturated heterocycles. The normalized spacial score (nSPS) is 11.8. The zero-order chi connectivity index (χ0) is 25.5. The molecule has 0 fully saturated rings. The van der Waals surface area contributed by atoms with Crippen LogP contribution in [0.4, 0.5) is 10.5 Å². The summed E-state index contributed by atoms with van der Waals surface area (Å²) in [4.78, 5) is 29.8. The first-order valence-electron chi connectivity index (χ1n) is 11.9. The van der Waals surface area contributed by atoms with Gasteiger partial charge in [0.2, 0.25) is 12.7 Å². The van der Waals surface area contributed by atoms with Gasteiger partial charge in [-0.25, -0.2) is 4.79 Å². The average molecular weight is 494 g/mol. The van der Waals surface area contributed by atoms with Gasteiger partial charge < -0.3 is 33.7 Å². The molecule has 0 aliphatic carbocycles. The van der Waals surface area contributed by atoms with E-state index in [0.29, 0.717) is 48.2 Å². The fourth-order valence-corrected chi connectivity index (χ4v) is 3.94. The number of urea groups is 1. The molecule has 36 heavy (non-hydrogen) atoms. The molecule has 9 nitrogen and oxygen atoms in total. The second-order valence-corrected chi connectivity index (χ2v) is 8.53. The molecule has 0 atom stereocenters. The number of fused-ring (bicyclic) bond motifs is 1. The summed E-state index contributed by atoms with van der Waals surface area (Å²) in [7, 11) is 1.57. The summed E-state index contributed by atoms with van der Waals surface area (Å²) in [6.45, 7) is 4.96. The van der Waals surface area contributed by atoms with Gasteiger partial charge in [-0.2, -0.15) is 0 Å². The van der Waals surface area contributed by atoms with Crippen LogP contribution in [0.3, 0.4) is 0 Å². The molecule has 0 radical (unpaired) electrons. The molecule has 9 heteroatoms. The summed E-state index contributed by atoms with van der Waals surface area (Å²) in [6.07, 6.45) is 0.707. The minimum Gasteiger partial charge on any atom is -0.497 e. The van der Waals surface area contributed by atoms with Crippen molar-refractivity contribution >= 4 is 17.6 Å². The molecule has 0 spiro atoms. The summed E-state index contributed by atoms with van der Waals surface area (Å²) in [5.74, 6) is 3.21. The number of hydrogen-bond donors (Lipinski definition) is 1. The Bertz CT molecular complexity index is 1210. The molecule has 1 N–H and O–H groups in total. The number of benzene rings is 2. The zero-order valence-corrected chi connectivity index (χ0v) is 20.8. The second-order valence-electron chi connectivity index (χ2n) is 8.53. The maximum atomic E-state index is 13.5. The third-order valence-corrected chi connectivity index (χ3v) is 5.73. The summed E-state index contributed by atoms with van der Waals surface area (Å²) in [5, 5.41) is 2.86. The molecule has 0 unspecified atom stereocenters. The first kappa shape index (κ1) is 25.0. The number of carbonyl (C=O) groups is 2. The van der Waals surface area contributed by atoms with Crippen molar-refractivity contribution < 1.29 is 28.2 Å². The second kappa shape index (κ2) is 11.5. The highest BCUT2D eigenvalue weighted by Gasteiger charge is 2.23. The summed E-state index contributed by atoms with van der Waals surface area (Å²) in [5.41, 5.74) is 1.48. The number of furan rings is 1. The Labute approximate surface area is 210 Å². The van der Waals surface area contributed by atoms with Crippen LogP contribution in [-0.2, 0) is 17.9 Å². The molecule has 190 valence electrons. The fourth-order valence-electron chi connectivity index (χ4n) is 3.94. The van der Waals surface area contributed by atoms with Crippen LogP contribution < -0.4 is 19.5 Å². The minimum absolute atomic E-state index is 0.0755. The lowest BCUT2D eigenvalue weighted by Crippen LogP contribution is -2.44. The average Bonchev–Trinajstić information content (AvgIpc) is 3.51. The summed E-state index contributed by atoms with van der Waals surface area (Å²) in [6, 6.07) is 16.1. The van der Waals surface area contributed by atoms with E-state index in [0.717, 1.165) is 11.3 Å². The molecule has 0 saturated carbocycles. The SMILES string of the molecule is CCCN(CC(=O)N(Cc1ccc2c(c1)OCO2)Cc1ccc(C)o1)C(=O)Nc1cccc(OC)c1. The summed E-state index contributed by atoms with van der Waals surface area (Å²) < 4.78 is 21.9. The van der Waals surface area contributed by atoms with Crippen molar-refractivity contribution in [1.82, 2.24) is 9.80 Å². The van der Waals surface area contributed by atoms with Gasteiger partial charge in [0.15, 0.2) is 11.5 Å². The number of anilines is 1. The van der Waals surface area contributed by atoms with Crippen LogP contribution in [0.25, 0.3) is 0 Å². The molecule has 3 aromatic rings. The van der Waals surface area contributed by atoms with Gasteiger partial charge in [-0.3, -0.25) is 4.79 Å². The quantitative estimate of drug-likeness (QED) is 0.436. The highest BCUT2D eigenvalue weighted by molar-refractivity contribution is 5.92. The molecule has 0 bridgehead atoms. The van der Waals surface area contributed by atoms with Crippen molar-refractivity contribution in [1.29, 1.82) is 0 Å². The van der Waals surface area contributed by atoms with Gasteiger partial charge in [0.05, 0.1) is 13.7 Å². The van der Waals surface area contributed by atoms with Gasteiger partial charge in [0.1, 0.15) is 23.8 Å². The van der Waals surface area contributed by atoms with Crippen molar-refractivity contribution in [3.8, 4) is 17.2 Å². The van der Waals surface area contributed by atoms with E-state index in [1.165, 1.54) is 4.90 Å². The largest absolute Gasteiger partial charge is 0.497 e. The molecular formula is C27H31N3O6. The van der Waals surface area contributed by atoms with Crippen LogP contribution in [0, 0.1) is 6.92 Å². The number of ether oxygens (including phenoxy) is 3. The maximum absolute atomic E-state index is 13.5. The predicted molar refractivity (Wildman–Crippen MR) is 134 cm³/mol. The van der Waals surface area contributed by atoms with Gasteiger partial charge in [-0.1, -0.05) is 19.1 Å². The molecule has 1 aliphatic heterocycles. The van der Waals surface area contributed by atoms with Crippen LogP contribution in [0.2, 0.25) is 0 Å². The van der Waals surface area contributed by atoms with E-state index >= 15 is 0 Å². The van der Waals surface area contributed by atoms with E-state index in [4.69, 9.17) is 18.6 Å². The standard InChI is InChI=1S/C27H31N3O6/c1-4-12-29(27(32)28-21-6-5-7-22(14-21)33-3)17-26(31)30(16-23-10-8-19(2)36-23)15-20-9-11-24-25(13-20)35-18-34-24/h5-11,13-14H,4,12,15-18H2,1-3H3,(H,28,32). The van der Waals surface area contributed by atoms with E-state index in [-0.39, 0.29) is 31.8 Å². The smallest absolute Gasteiger partial charge is 0.322 e. The number of carbonyl (C=O) groups excluding carboxylic acids is 2. The lowest BCUT2D eigenvalue weighted by Gasteiger charge is -2.27. The van der Waals surface area contributed by atoms with E-state index in [1.54, 1.807) is 36.3 Å². The number of aryl methyl sites for hydroxylation is 1. The lowest BCUT2D eigenvalue weighted by atomic mass is 10.2. The molecule has 2 aromatic carbocycles. The first-order valence-corrected chi connectivity index (χ1v) is 11.9. The van der Waals surface area contributed by atoms with Gasteiger partial charge >= 0.3 is 6.03 Å². The Morgan fingerprint density at radius 3 is 2.58 bits per heavy atom. The third kappa shape index (κ3) is 6.29.